The lowest BCUT2D eigenvalue weighted by atomic mass is 9.74. The number of aryl methyl sites for hydroxylation is 1. The molecule has 1 saturated carbocycles. The third-order valence-corrected chi connectivity index (χ3v) is 7.02. The summed E-state index contributed by atoms with van der Waals surface area (Å²) in [6.07, 6.45) is 5.35. The van der Waals surface area contributed by atoms with Gasteiger partial charge in [0.1, 0.15) is 5.25 Å². The van der Waals surface area contributed by atoms with Gasteiger partial charge in [0.25, 0.3) is 0 Å². The zero-order valence-corrected chi connectivity index (χ0v) is 14.1. The summed E-state index contributed by atoms with van der Waals surface area (Å²) >= 11 is 3.37. The van der Waals surface area contributed by atoms with Gasteiger partial charge in [-0.1, -0.05) is 19.3 Å². The number of carboxylic acids is 1. The van der Waals surface area contributed by atoms with Crippen molar-refractivity contribution in [1.29, 1.82) is 0 Å². The number of carbonyl (C=O) groups is 2. The summed E-state index contributed by atoms with van der Waals surface area (Å²) in [7, 11) is 0. The molecule has 1 aromatic rings. The molecule has 0 radical (unpaired) electrons. The first-order valence-corrected chi connectivity index (χ1v) is 9.74. The van der Waals surface area contributed by atoms with E-state index < -0.39 is 11.4 Å². The summed E-state index contributed by atoms with van der Waals surface area (Å²) in [5.41, 5.74) is 0.358. The lowest BCUT2D eigenvalue weighted by molar-refractivity contribution is -0.151. The van der Waals surface area contributed by atoms with Crippen LogP contribution >= 0.6 is 23.1 Å². The van der Waals surface area contributed by atoms with E-state index >= 15 is 0 Å². The highest BCUT2D eigenvalue weighted by Crippen LogP contribution is 2.40. The van der Waals surface area contributed by atoms with Gasteiger partial charge in [0, 0.05) is 11.4 Å². The third-order valence-electron chi connectivity index (χ3n) is 4.78. The zero-order chi connectivity index (χ0) is 15.6. The van der Waals surface area contributed by atoms with Gasteiger partial charge in [-0.3, -0.25) is 9.59 Å². The zero-order valence-electron chi connectivity index (χ0n) is 12.5. The van der Waals surface area contributed by atoms with Gasteiger partial charge in [-0.05, 0) is 42.0 Å². The Morgan fingerprint density at radius 3 is 2.82 bits per heavy atom. The average molecular weight is 339 g/mol. The maximum atomic E-state index is 12.5. The minimum Gasteiger partial charge on any atom is -0.481 e. The topological polar surface area (TPSA) is 66.4 Å². The van der Waals surface area contributed by atoms with Crippen LogP contribution in [-0.4, -0.2) is 29.3 Å². The summed E-state index contributed by atoms with van der Waals surface area (Å²) < 4.78 is 0. The van der Waals surface area contributed by atoms with Crippen LogP contribution in [0.15, 0.2) is 11.4 Å². The molecule has 1 fully saturated rings. The average Bonchev–Trinajstić information content (AvgIpc) is 3.02. The van der Waals surface area contributed by atoms with Gasteiger partial charge in [-0.2, -0.15) is 0 Å². The van der Waals surface area contributed by atoms with Crippen molar-refractivity contribution in [3.05, 3.63) is 21.9 Å². The van der Waals surface area contributed by atoms with Crippen molar-refractivity contribution >= 4 is 35.0 Å². The Morgan fingerprint density at radius 1 is 1.32 bits per heavy atom. The second kappa shape index (κ2) is 6.62. The molecule has 1 aliphatic heterocycles. The van der Waals surface area contributed by atoms with Crippen LogP contribution in [0.1, 0.15) is 47.8 Å². The standard InChI is InChI=1S/C16H21NO3S2/c18-14(13-11-4-8-21-12(11)5-9-22-13)17-10-16(15(19)20)6-2-1-3-7-16/h4,8,13H,1-3,5-7,9-10H2,(H,17,18)(H,19,20). The number of rotatable bonds is 4. The van der Waals surface area contributed by atoms with Crippen LogP contribution in [0.2, 0.25) is 0 Å². The van der Waals surface area contributed by atoms with Crippen LogP contribution in [-0.2, 0) is 16.0 Å². The minimum absolute atomic E-state index is 0.0319. The van der Waals surface area contributed by atoms with Crippen LogP contribution < -0.4 is 5.32 Å². The first-order valence-electron chi connectivity index (χ1n) is 7.81. The van der Waals surface area contributed by atoms with E-state index in [0.717, 1.165) is 37.0 Å². The van der Waals surface area contributed by atoms with Gasteiger partial charge in [-0.15, -0.1) is 23.1 Å². The molecule has 1 aromatic heterocycles. The maximum Gasteiger partial charge on any atom is 0.311 e. The molecule has 1 amide bonds. The number of thioether (sulfide) groups is 1. The molecule has 2 N–H and O–H groups in total. The molecule has 1 aliphatic carbocycles. The summed E-state index contributed by atoms with van der Waals surface area (Å²) in [5, 5.41) is 14.4. The predicted molar refractivity (Wildman–Crippen MR) is 89.4 cm³/mol. The van der Waals surface area contributed by atoms with Crippen LogP contribution in [0, 0.1) is 5.41 Å². The van der Waals surface area contributed by atoms with Gasteiger partial charge in [0.15, 0.2) is 0 Å². The fourth-order valence-corrected chi connectivity index (χ4v) is 5.72. The van der Waals surface area contributed by atoms with Crippen molar-refractivity contribution in [2.24, 2.45) is 5.41 Å². The van der Waals surface area contributed by atoms with E-state index in [9.17, 15) is 14.7 Å². The molecule has 2 heterocycles. The first-order chi connectivity index (χ1) is 10.6. The van der Waals surface area contributed by atoms with Crippen LogP contribution in [0.5, 0.6) is 0 Å². The van der Waals surface area contributed by atoms with Crippen LogP contribution in [0.4, 0.5) is 0 Å². The Morgan fingerprint density at radius 2 is 2.09 bits per heavy atom. The Bertz CT molecular complexity index is 563. The molecule has 1 unspecified atom stereocenters. The summed E-state index contributed by atoms with van der Waals surface area (Å²) in [4.78, 5) is 25.5. The van der Waals surface area contributed by atoms with E-state index in [1.807, 2.05) is 11.4 Å². The Hall–Kier alpha value is -1.01. The quantitative estimate of drug-likeness (QED) is 0.884. The highest BCUT2D eigenvalue weighted by molar-refractivity contribution is 8.00. The van der Waals surface area contributed by atoms with Gasteiger partial charge in [-0.25, -0.2) is 0 Å². The van der Waals surface area contributed by atoms with Crippen molar-refractivity contribution in [2.45, 2.75) is 43.8 Å². The number of thiophene rings is 1. The molecule has 0 aromatic carbocycles. The first kappa shape index (κ1) is 15.9. The third kappa shape index (κ3) is 3.04. The van der Waals surface area contributed by atoms with Crippen molar-refractivity contribution in [1.82, 2.24) is 5.32 Å². The number of hydrogen-bond acceptors (Lipinski definition) is 4. The highest BCUT2D eigenvalue weighted by atomic mass is 32.2. The Balaban J connectivity index is 1.66. The van der Waals surface area contributed by atoms with E-state index in [-0.39, 0.29) is 17.7 Å². The second-order valence-corrected chi connectivity index (χ2v) is 8.38. The van der Waals surface area contributed by atoms with Crippen molar-refractivity contribution in [2.75, 3.05) is 12.3 Å². The van der Waals surface area contributed by atoms with E-state index in [1.54, 1.807) is 23.1 Å². The molecule has 3 rings (SSSR count). The SMILES string of the molecule is O=C(NCC1(C(=O)O)CCCCC1)C1SCCc2sccc21. The van der Waals surface area contributed by atoms with Crippen molar-refractivity contribution < 1.29 is 14.7 Å². The predicted octanol–water partition coefficient (Wildman–Crippen LogP) is 3.23. The van der Waals surface area contributed by atoms with E-state index in [4.69, 9.17) is 0 Å². The number of carboxylic acid groups (broad SMARTS) is 1. The molecule has 0 spiro atoms. The molecule has 1 atom stereocenters. The second-order valence-electron chi connectivity index (χ2n) is 6.16. The Kier molecular flexibility index (Phi) is 4.78. The molecular weight excluding hydrogens is 318 g/mol. The van der Waals surface area contributed by atoms with Gasteiger partial charge < -0.3 is 10.4 Å². The normalized spacial score (nSPS) is 23.5. The number of hydrogen-bond donors (Lipinski definition) is 2. The van der Waals surface area contributed by atoms with Gasteiger partial charge >= 0.3 is 5.97 Å². The highest BCUT2D eigenvalue weighted by Gasteiger charge is 2.40. The molecule has 0 bridgehead atoms. The number of amides is 1. The molecule has 0 saturated heterocycles. The van der Waals surface area contributed by atoms with Gasteiger partial charge in [0.2, 0.25) is 5.91 Å². The summed E-state index contributed by atoms with van der Waals surface area (Å²) in [5.74, 6) is 0.158. The molecule has 2 aliphatic rings. The molecular formula is C16H21NO3S2. The maximum absolute atomic E-state index is 12.5. The monoisotopic (exact) mass is 339 g/mol. The van der Waals surface area contributed by atoms with E-state index in [1.165, 1.54) is 4.88 Å². The summed E-state index contributed by atoms with van der Waals surface area (Å²) in [6.45, 7) is 0.262. The minimum atomic E-state index is -0.764. The number of aliphatic carboxylic acids is 1. The number of fused-ring (bicyclic) bond motifs is 1. The lowest BCUT2D eigenvalue weighted by Gasteiger charge is -2.33. The van der Waals surface area contributed by atoms with Gasteiger partial charge in [0.05, 0.1) is 5.41 Å². The van der Waals surface area contributed by atoms with Crippen molar-refractivity contribution in [3.8, 4) is 0 Å². The largest absolute Gasteiger partial charge is 0.481 e. The fraction of sp³-hybridized carbons (Fsp3) is 0.625. The van der Waals surface area contributed by atoms with Crippen molar-refractivity contribution in [3.63, 3.8) is 0 Å². The van der Waals surface area contributed by atoms with E-state index in [2.05, 4.69) is 5.32 Å². The molecule has 120 valence electrons. The summed E-state index contributed by atoms with van der Waals surface area (Å²) in [6, 6.07) is 2.03. The molecule has 6 heteroatoms. The fourth-order valence-electron chi connectivity index (χ4n) is 3.41. The van der Waals surface area contributed by atoms with Crippen LogP contribution in [0.25, 0.3) is 0 Å². The number of nitrogens with one attached hydrogen (secondary N) is 1. The number of carbonyl (C=O) groups excluding carboxylic acids is 1. The smallest absolute Gasteiger partial charge is 0.311 e. The lowest BCUT2D eigenvalue weighted by Crippen LogP contribution is -2.45. The van der Waals surface area contributed by atoms with E-state index in [0.29, 0.717) is 12.8 Å². The Labute approximate surface area is 138 Å². The van der Waals surface area contributed by atoms with Crippen LogP contribution in [0.3, 0.4) is 0 Å². The molecule has 22 heavy (non-hydrogen) atoms. The molecule has 4 nitrogen and oxygen atoms in total.